The number of fused-ring (bicyclic) bond motifs is 2. The molecule has 0 aliphatic carbocycles. The number of alkyl halides is 3. The molecule has 0 bridgehead atoms. The van der Waals surface area contributed by atoms with E-state index in [9.17, 15) is 36.7 Å². The van der Waals surface area contributed by atoms with Gasteiger partial charge in [-0.25, -0.2) is 9.29 Å². The van der Waals surface area contributed by atoms with Gasteiger partial charge in [0.15, 0.2) is 0 Å². The fourth-order valence-corrected chi connectivity index (χ4v) is 8.15. The molecule has 0 saturated carbocycles. The molecule has 220 valence electrons. The summed E-state index contributed by atoms with van der Waals surface area (Å²) in [6, 6.07) is 15.6. The van der Waals surface area contributed by atoms with E-state index in [4.69, 9.17) is 11.6 Å². The summed E-state index contributed by atoms with van der Waals surface area (Å²) < 4.78 is 54.4. The minimum Gasteiger partial charge on any atom is -0.325 e. The van der Waals surface area contributed by atoms with Crippen molar-refractivity contribution in [3.05, 3.63) is 109 Å². The van der Waals surface area contributed by atoms with Crippen molar-refractivity contribution in [3.63, 3.8) is 0 Å². The van der Waals surface area contributed by atoms with Crippen LogP contribution in [0.4, 0.5) is 28.9 Å². The standard InChI is InChI=1S/C29H18ClF4N3O4S2/c30-16-6-10-19(11-7-16)37-25(39)22-21(14-4-8-17(31)9-5-14)24-27(42-23(22)26(37)40)36(28(41)43-24)13-20(38)35-18-3-1-2-15(12-18)29(32,33)34/h1-12,21-23H,13H2,(H,35,38)/t21-,22?,23?/m1/s1. The lowest BCUT2D eigenvalue weighted by molar-refractivity contribution is -0.137. The average molecular weight is 648 g/mol. The Morgan fingerprint density at radius 2 is 1.65 bits per heavy atom. The SMILES string of the molecule is O=C(Cn1c2c(sc1=O)[C@H](c1ccc(F)cc1)C1C(=O)N(c3ccc(Cl)cc3)C(=O)C1S2)Nc1cccc(C(F)(F)F)c1. The van der Waals surface area contributed by atoms with Crippen LogP contribution in [0.1, 0.15) is 21.9 Å². The van der Waals surface area contributed by atoms with Gasteiger partial charge in [0.05, 0.1) is 22.2 Å². The van der Waals surface area contributed by atoms with Crippen molar-refractivity contribution in [1.29, 1.82) is 0 Å². The zero-order valence-corrected chi connectivity index (χ0v) is 24.0. The van der Waals surface area contributed by atoms with E-state index in [0.717, 1.165) is 50.8 Å². The summed E-state index contributed by atoms with van der Waals surface area (Å²) in [6.07, 6.45) is -4.61. The number of amides is 3. The van der Waals surface area contributed by atoms with E-state index in [1.807, 2.05) is 0 Å². The van der Waals surface area contributed by atoms with Crippen molar-refractivity contribution < 1.29 is 31.9 Å². The van der Waals surface area contributed by atoms with Gasteiger partial charge in [-0.2, -0.15) is 13.2 Å². The van der Waals surface area contributed by atoms with Gasteiger partial charge >= 0.3 is 11.0 Å². The maximum atomic E-state index is 13.9. The van der Waals surface area contributed by atoms with Gasteiger partial charge in [0.2, 0.25) is 17.7 Å². The van der Waals surface area contributed by atoms with E-state index < -0.39 is 63.8 Å². The van der Waals surface area contributed by atoms with Gasteiger partial charge < -0.3 is 5.32 Å². The molecular formula is C29H18ClF4N3O4S2. The molecule has 0 radical (unpaired) electrons. The highest BCUT2D eigenvalue weighted by molar-refractivity contribution is 8.00. The number of thiazole rings is 1. The van der Waals surface area contributed by atoms with Gasteiger partial charge in [-0.1, -0.05) is 52.9 Å². The number of rotatable bonds is 5. The molecule has 3 amide bonds. The van der Waals surface area contributed by atoms with E-state index >= 15 is 0 Å². The molecule has 3 aromatic carbocycles. The lowest BCUT2D eigenvalue weighted by Gasteiger charge is -2.30. The Hall–Kier alpha value is -3.94. The second-order valence-electron chi connectivity index (χ2n) is 9.83. The van der Waals surface area contributed by atoms with Gasteiger partial charge in [0.1, 0.15) is 17.6 Å². The van der Waals surface area contributed by atoms with Crippen molar-refractivity contribution in [2.24, 2.45) is 5.92 Å². The Bertz CT molecular complexity index is 1820. The zero-order valence-electron chi connectivity index (χ0n) is 21.6. The first-order chi connectivity index (χ1) is 20.4. The molecule has 14 heteroatoms. The van der Waals surface area contributed by atoms with Gasteiger partial charge in [0, 0.05) is 21.5 Å². The van der Waals surface area contributed by atoms with E-state index in [1.165, 1.54) is 42.5 Å². The number of anilines is 2. The first-order valence-corrected chi connectivity index (χ1v) is 14.8. The second-order valence-corrected chi connectivity index (χ2v) is 12.4. The topological polar surface area (TPSA) is 88.5 Å². The molecule has 2 aliphatic rings. The number of carbonyl (C=O) groups is 3. The molecule has 4 aromatic rings. The van der Waals surface area contributed by atoms with Gasteiger partial charge in [-0.15, -0.1) is 0 Å². The number of nitrogens with one attached hydrogen (secondary N) is 1. The van der Waals surface area contributed by atoms with Crippen LogP contribution in [0.3, 0.4) is 0 Å². The fourth-order valence-electron chi connectivity index (χ4n) is 5.25. The maximum Gasteiger partial charge on any atom is 0.416 e. The third-order valence-electron chi connectivity index (χ3n) is 7.14. The minimum absolute atomic E-state index is 0.107. The largest absolute Gasteiger partial charge is 0.416 e. The number of halogens is 5. The molecule has 3 atom stereocenters. The summed E-state index contributed by atoms with van der Waals surface area (Å²) in [5, 5.41) is 2.10. The zero-order chi connectivity index (χ0) is 30.6. The molecule has 2 unspecified atom stereocenters. The maximum absolute atomic E-state index is 13.9. The molecule has 1 N–H and O–H groups in total. The molecule has 2 aliphatic heterocycles. The van der Waals surface area contributed by atoms with Crippen LogP contribution in [0, 0.1) is 11.7 Å². The van der Waals surface area contributed by atoms with E-state index in [2.05, 4.69) is 5.32 Å². The average Bonchev–Trinajstić information content (AvgIpc) is 3.40. The fraction of sp³-hybridized carbons (Fsp3) is 0.172. The Morgan fingerprint density at radius 3 is 2.33 bits per heavy atom. The molecule has 7 nitrogen and oxygen atoms in total. The van der Waals surface area contributed by atoms with Crippen molar-refractivity contribution >= 4 is 63.8 Å². The van der Waals surface area contributed by atoms with E-state index in [0.29, 0.717) is 21.2 Å². The van der Waals surface area contributed by atoms with Gasteiger partial charge in [-0.3, -0.25) is 23.7 Å². The highest BCUT2D eigenvalue weighted by atomic mass is 35.5. The van der Waals surface area contributed by atoms with Crippen molar-refractivity contribution in [3.8, 4) is 0 Å². The lowest BCUT2D eigenvalue weighted by Crippen LogP contribution is -2.33. The molecule has 43 heavy (non-hydrogen) atoms. The lowest BCUT2D eigenvalue weighted by atomic mass is 9.83. The van der Waals surface area contributed by atoms with Gasteiger partial charge in [0.25, 0.3) is 0 Å². The summed E-state index contributed by atoms with van der Waals surface area (Å²) in [4.78, 5) is 54.6. The van der Waals surface area contributed by atoms with Crippen LogP contribution in [0.15, 0.2) is 82.6 Å². The van der Waals surface area contributed by atoms with Crippen LogP contribution in [0.2, 0.25) is 5.02 Å². The summed E-state index contributed by atoms with van der Waals surface area (Å²) in [5.74, 6) is -4.05. The predicted molar refractivity (Wildman–Crippen MR) is 154 cm³/mol. The normalized spacial score (nSPS) is 19.7. The molecule has 3 heterocycles. The summed E-state index contributed by atoms with van der Waals surface area (Å²) in [6.45, 7) is -0.551. The van der Waals surface area contributed by atoms with Crippen LogP contribution in [0.25, 0.3) is 0 Å². The van der Waals surface area contributed by atoms with Gasteiger partial charge in [-0.05, 0) is 60.2 Å². The molecule has 1 fully saturated rings. The molecule has 0 spiro atoms. The number of nitrogens with zero attached hydrogens (tertiary/aromatic N) is 2. The summed E-state index contributed by atoms with van der Waals surface area (Å²) in [7, 11) is 0. The molecule has 6 rings (SSSR count). The second kappa shape index (κ2) is 11.0. The number of aromatic nitrogens is 1. The Kier molecular flexibility index (Phi) is 7.43. The van der Waals surface area contributed by atoms with Crippen LogP contribution in [0.5, 0.6) is 0 Å². The van der Waals surface area contributed by atoms with E-state index in [-0.39, 0.29) is 10.7 Å². The van der Waals surface area contributed by atoms with Crippen molar-refractivity contribution in [2.45, 2.75) is 28.9 Å². The molecule has 1 saturated heterocycles. The highest BCUT2D eigenvalue weighted by Gasteiger charge is 2.56. The van der Waals surface area contributed by atoms with Crippen molar-refractivity contribution in [1.82, 2.24) is 4.57 Å². The highest BCUT2D eigenvalue weighted by Crippen LogP contribution is 2.54. The minimum atomic E-state index is -4.61. The monoisotopic (exact) mass is 647 g/mol. The van der Waals surface area contributed by atoms with Crippen LogP contribution >= 0.6 is 34.7 Å². The number of thioether (sulfide) groups is 1. The number of carbonyl (C=O) groups excluding carboxylic acids is 3. The number of hydrogen-bond acceptors (Lipinski definition) is 6. The molecular weight excluding hydrogens is 630 g/mol. The molecule has 1 aromatic heterocycles. The van der Waals surface area contributed by atoms with Crippen LogP contribution in [-0.2, 0) is 27.1 Å². The summed E-state index contributed by atoms with van der Waals surface area (Å²) >= 11 is 7.76. The smallest absolute Gasteiger partial charge is 0.325 e. The third kappa shape index (κ3) is 5.36. The van der Waals surface area contributed by atoms with Crippen LogP contribution < -0.4 is 15.1 Å². The van der Waals surface area contributed by atoms with E-state index in [1.54, 1.807) is 12.1 Å². The first kappa shape index (κ1) is 29.1. The van der Waals surface area contributed by atoms with Crippen molar-refractivity contribution in [2.75, 3.05) is 10.2 Å². The number of benzene rings is 3. The predicted octanol–water partition coefficient (Wildman–Crippen LogP) is 6.16. The Morgan fingerprint density at radius 1 is 0.953 bits per heavy atom. The first-order valence-electron chi connectivity index (χ1n) is 12.7. The quantitative estimate of drug-likeness (QED) is 0.207. The third-order valence-corrected chi connectivity index (χ3v) is 9.99. The van der Waals surface area contributed by atoms with Crippen LogP contribution in [-0.4, -0.2) is 27.5 Å². The Balaban J connectivity index is 1.37. The number of hydrogen-bond donors (Lipinski definition) is 1. The summed E-state index contributed by atoms with van der Waals surface area (Å²) in [5.41, 5.74) is -0.245. The Labute approximate surface area is 254 Å². The number of imide groups is 1.